The molecule has 5 heteroatoms. The Bertz CT molecular complexity index is 394. The highest BCUT2D eigenvalue weighted by Gasteiger charge is 2.20. The molecule has 0 spiro atoms. The Hall–Kier alpha value is -1.20. The fourth-order valence-electron chi connectivity index (χ4n) is 1.69. The standard InChI is InChI=1S/C13H21N3O2/c1-9(8-17-3)18-13-15-7-11(10(2)16-13)6-14-12-4-5-12/h7,9,12,14H,4-6,8H2,1-3H3. The van der Waals surface area contributed by atoms with Crippen LogP contribution in [-0.4, -0.2) is 35.8 Å². The van der Waals surface area contributed by atoms with Gasteiger partial charge in [0.1, 0.15) is 6.10 Å². The maximum Gasteiger partial charge on any atom is 0.316 e. The summed E-state index contributed by atoms with van der Waals surface area (Å²) in [5.74, 6) is 0. The van der Waals surface area contributed by atoms with Crippen LogP contribution < -0.4 is 10.1 Å². The maximum absolute atomic E-state index is 5.56. The number of ether oxygens (including phenoxy) is 2. The molecule has 1 aliphatic rings. The van der Waals surface area contributed by atoms with Gasteiger partial charge in [-0.1, -0.05) is 0 Å². The van der Waals surface area contributed by atoms with Crippen LogP contribution >= 0.6 is 0 Å². The summed E-state index contributed by atoms with van der Waals surface area (Å²) >= 11 is 0. The highest BCUT2D eigenvalue weighted by atomic mass is 16.5. The number of hydrogen-bond donors (Lipinski definition) is 1. The second-order valence-electron chi connectivity index (χ2n) is 4.80. The van der Waals surface area contributed by atoms with Gasteiger partial charge < -0.3 is 14.8 Å². The summed E-state index contributed by atoms with van der Waals surface area (Å²) in [7, 11) is 1.65. The smallest absolute Gasteiger partial charge is 0.316 e. The van der Waals surface area contributed by atoms with E-state index < -0.39 is 0 Å². The van der Waals surface area contributed by atoms with E-state index in [9.17, 15) is 0 Å². The van der Waals surface area contributed by atoms with Crippen molar-refractivity contribution < 1.29 is 9.47 Å². The third kappa shape index (κ3) is 3.92. The number of methoxy groups -OCH3 is 1. The minimum atomic E-state index is -0.0372. The van der Waals surface area contributed by atoms with E-state index in [1.54, 1.807) is 7.11 Å². The van der Waals surface area contributed by atoms with Gasteiger partial charge in [-0.15, -0.1) is 0 Å². The monoisotopic (exact) mass is 251 g/mol. The van der Waals surface area contributed by atoms with Crippen molar-refractivity contribution in [3.63, 3.8) is 0 Å². The first-order valence-corrected chi connectivity index (χ1v) is 6.40. The largest absolute Gasteiger partial charge is 0.458 e. The third-order valence-corrected chi connectivity index (χ3v) is 2.93. The van der Waals surface area contributed by atoms with Gasteiger partial charge in [0.25, 0.3) is 0 Å². The minimum Gasteiger partial charge on any atom is -0.458 e. The Labute approximate surface area is 108 Å². The van der Waals surface area contributed by atoms with Crippen LogP contribution in [0, 0.1) is 6.92 Å². The molecule has 1 unspecified atom stereocenters. The molecule has 1 aliphatic carbocycles. The van der Waals surface area contributed by atoms with Crippen LogP contribution in [0.4, 0.5) is 0 Å². The molecule has 1 N–H and O–H groups in total. The number of hydrogen-bond acceptors (Lipinski definition) is 5. The highest BCUT2D eigenvalue weighted by molar-refractivity contribution is 5.18. The molecule has 1 saturated carbocycles. The Balaban J connectivity index is 1.90. The fraction of sp³-hybridized carbons (Fsp3) is 0.692. The van der Waals surface area contributed by atoms with Gasteiger partial charge in [0.05, 0.1) is 6.61 Å². The topological polar surface area (TPSA) is 56.3 Å². The van der Waals surface area contributed by atoms with Crippen LogP contribution in [-0.2, 0) is 11.3 Å². The average Bonchev–Trinajstić information content (AvgIpc) is 3.12. The van der Waals surface area contributed by atoms with Gasteiger partial charge in [-0.3, -0.25) is 0 Å². The molecule has 0 aliphatic heterocycles. The Morgan fingerprint density at radius 1 is 1.50 bits per heavy atom. The van der Waals surface area contributed by atoms with E-state index in [0.717, 1.165) is 17.8 Å². The summed E-state index contributed by atoms with van der Waals surface area (Å²) in [6, 6.07) is 1.12. The second-order valence-corrected chi connectivity index (χ2v) is 4.80. The zero-order valence-corrected chi connectivity index (χ0v) is 11.3. The van der Waals surface area contributed by atoms with Crippen LogP contribution in [0.5, 0.6) is 6.01 Å². The zero-order valence-electron chi connectivity index (χ0n) is 11.3. The number of nitrogens with zero attached hydrogens (tertiary/aromatic N) is 2. The molecule has 1 fully saturated rings. The molecule has 0 bridgehead atoms. The van der Waals surface area contributed by atoms with E-state index in [1.165, 1.54) is 12.8 Å². The molecule has 0 radical (unpaired) electrons. The van der Waals surface area contributed by atoms with Crippen LogP contribution in [0.1, 0.15) is 31.0 Å². The van der Waals surface area contributed by atoms with Crippen molar-refractivity contribution in [2.45, 2.75) is 45.4 Å². The lowest BCUT2D eigenvalue weighted by molar-refractivity contribution is 0.0853. The number of aryl methyl sites for hydroxylation is 1. The molecule has 100 valence electrons. The summed E-state index contributed by atoms with van der Waals surface area (Å²) < 4.78 is 10.6. The molecule has 2 rings (SSSR count). The fourth-order valence-corrected chi connectivity index (χ4v) is 1.69. The van der Waals surface area contributed by atoms with Gasteiger partial charge in [-0.05, 0) is 26.7 Å². The Kier molecular flexibility index (Phi) is 4.49. The second kappa shape index (κ2) is 6.11. The summed E-state index contributed by atoms with van der Waals surface area (Å²) in [4.78, 5) is 8.60. The lowest BCUT2D eigenvalue weighted by Gasteiger charge is -2.13. The van der Waals surface area contributed by atoms with Gasteiger partial charge in [-0.25, -0.2) is 9.97 Å². The minimum absolute atomic E-state index is 0.0372. The molecule has 1 aromatic heterocycles. The summed E-state index contributed by atoms with van der Waals surface area (Å²) in [5, 5.41) is 3.45. The number of rotatable bonds is 7. The average molecular weight is 251 g/mol. The van der Waals surface area contributed by atoms with Crippen LogP contribution in [0.15, 0.2) is 6.20 Å². The van der Waals surface area contributed by atoms with E-state index in [2.05, 4.69) is 15.3 Å². The van der Waals surface area contributed by atoms with Gasteiger partial charge in [-0.2, -0.15) is 0 Å². The van der Waals surface area contributed by atoms with Gasteiger partial charge in [0.15, 0.2) is 0 Å². The van der Waals surface area contributed by atoms with E-state index in [4.69, 9.17) is 9.47 Å². The normalized spacial score (nSPS) is 16.6. The summed E-state index contributed by atoms with van der Waals surface area (Å²) in [6.07, 6.45) is 4.38. The van der Waals surface area contributed by atoms with Crippen molar-refractivity contribution in [3.8, 4) is 6.01 Å². The molecule has 1 atom stereocenters. The predicted molar refractivity (Wildman–Crippen MR) is 68.6 cm³/mol. The lowest BCUT2D eigenvalue weighted by atomic mass is 10.2. The molecular formula is C13H21N3O2. The molecule has 5 nitrogen and oxygen atoms in total. The summed E-state index contributed by atoms with van der Waals surface area (Å²) in [6.45, 7) is 5.29. The van der Waals surface area contributed by atoms with Gasteiger partial charge >= 0.3 is 6.01 Å². The highest BCUT2D eigenvalue weighted by Crippen LogP contribution is 2.19. The maximum atomic E-state index is 5.56. The molecule has 0 saturated heterocycles. The summed E-state index contributed by atoms with van der Waals surface area (Å²) in [5.41, 5.74) is 2.10. The SMILES string of the molecule is COCC(C)Oc1ncc(CNC2CC2)c(C)n1. The van der Waals surface area contributed by atoms with Gasteiger partial charge in [0, 0.05) is 37.2 Å². The van der Waals surface area contributed by atoms with Crippen molar-refractivity contribution in [1.29, 1.82) is 0 Å². The van der Waals surface area contributed by atoms with E-state index in [1.807, 2.05) is 20.0 Å². The molecule has 0 amide bonds. The van der Waals surface area contributed by atoms with Crippen LogP contribution in [0.2, 0.25) is 0 Å². The lowest BCUT2D eigenvalue weighted by Crippen LogP contribution is -2.20. The van der Waals surface area contributed by atoms with Crippen LogP contribution in [0.25, 0.3) is 0 Å². The quantitative estimate of drug-likeness (QED) is 0.795. The number of nitrogens with one attached hydrogen (secondary N) is 1. The first kappa shape index (κ1) is 13.2. The van der Waals surface area contributed by atoms with Crippen LogP contribution in [0.3, 0.4) is 0 Å². The van der Waals surface area contributed by atoms with Crippen molar-refractivity contribution in [2.24, 2.45) is 0 Å². The van der Waals surface area contributed by atoms with E-state index in [-0.39, 0.29) is 6.10 Å². The van der Waals surface area contributed by atoms with Crippen molar-refractivity contribution >= 4 is 0 Å². The molecule has 1 aromatic rings. The van der Waals surface area contributed by atoms with E-state index in [0.29, 0.717) is 18.7 Å². The molecular weight excluding hydrogens is 230 g/mol. The first-order chi connectivity index (χ1) is 8.69. The van der Waals surface area contributed by atoms with E-state index >= 15 is 0 Å². The first-order valence-electron chi connectivity index (χ1n) is 6.40. The predicted octanol–water partition coefficient (Wildman–Crippen LogP) is 1.45. The third-order valence-electron chi connectivity index (χ3n) is 2.93. The Morgan fingerprint density at radius 2 is 2.28 bits per heavy atom. The van der Waals surface area contributed by atoms with Crippen molar-refractivity contribution in [1.82, 2.24) is 15.3 Å². The zero-order chi connectivity index (χ0) is 13.0. The molecule has 1 heterocycles. The number of aromatic nitrogens is 2. The molecule has 18 heavy (non-hydrogen) atoms. The molecule has 0 aromatic carbocycles. The Morgan fingerprint density at radius 3 is 2.89 bits per heavy atom. The van der Waals surface area contributed by atoms with Crippen molar-refractivity contribution in [2.75, 3.05) is 13.7 Å². The van der Waals surface area contributed by atoms with Gasteiger partial charge in [0.2, 0.25) is 0 Å². The van der Waals surface area contributed by atoms with Crippen molar-refractivity contribution in [3.05, 3.63) is 17.5 Å².